The molecule has 0 aliphatic heterocycles. The highest BCUT2D eigenvalue weighted by molar-refractivity contribution is 6.11. The molecule has 0 fully saturated rings. The molecule has 2 aromatic heterocycles. The van der Waals surface area contributed by atoms with E-state index in [9.17, 15) is 9.59 Å². The van der Waals surface area contributed by atoms with Crippen LogP contribution in [0.5, 0.6) is 0 Å². The molecule has 0 radical (unpaired) electrons. The van der Waals surface area contributed by atoms with Gasteiger partial charge in [0.1, 0.15) is 5.65 Å². The first-order valence-electron chi connectivity index (χ1n) is 11.0. The Balaban J connectivity index is 1.50. The van der Waals surface area contributed by atoms with E-state index >= 15 is 0 Å². The van der Waals surface area contributed by atoms with Crippen LogP contribution in [0, 0.1) is 0 Å². The zero-order valence-electron chi connectivity index (χ0n) is 18.4. The number of carbonyl (C=O) groups excluding carboxylic acids is 1. The molecule has 7 heteroatoms. The van der Waals surface area contributed by atoms with E-state index in [0.29, 0.717) is 35.4 Å². The van der Waals surface area contributed by atoms with Crippen LogP contribution in [0.4, 0.5) is 17.1 Å². The number of hydrogen-bond donors (Lipinski definition) is 3. The number of aromatic nitrogens is 2. The van der Waals surface area contributed by atoms with Crippen molar-refractivity contribution in [2.24, 2.45) is 5.73 Å². The monoisotopic (exact) mass is 449 g/mol. The van der Waals surface area contributed by atoms with E-state index in [1.54, 1.807) is 22.9 Å². The minimum atomic E-state index is -0.161. The average Bonchev–Trinajstić information content (AvgIpc) is 2.88. The molecule has 3 aromatic carbocycles. The van der Waals surface area contributed by atoms with Gasteiger partial charge in [0.2, 0.25) is 0 Å². The minimum absolute atomic E-state index is 0.100. The summed E-state index contributed by atoms with van der Waals surface area (Å²) < 4.78 is 1.63. The molecule has 0 spiro atoms. The molecular formula is C27H23N5O2. The lowest BCUT2D eigenvalue weighted by molar-refractivity contribution is 0.102. The standard InChI is InChI=1S/C27H23N5O2/c28-15-17-32-25-24(21-8-4-5-9-22(21)27(32)34)23(14-16-29-25)30-19-10-12-20(13-11-19)31-26(33)18-6-2-1-3-7-18/h1-14,16H,15,17,28H2,(H,29,30)(H,31,33). The summed E-state index contributed by atoms with van der Waals surface area (Å²) >= 11 is 0. The van der Waals surface area contributed by atoms with Gasteiger partial charge in [0.05, 0.1) is 5.69 Å². The van der Waals surface area contributed by atoms with E-state index in [2.05, 4.69) is 15.6 Å². The van der Waals surface area contributed by atoms with Crippen LogP contribution < -0.4 is 21.9 Å². The van der Waals surface area contributed by atoms with Crippen molar-refractivity contribution in [2.45, 2.75) is 6.54 Å². The maximum absolute atomic E-state index is 13.0. The number of nitrogens with one attached hydrogen (secondary N) is 2. The second-order valence-electron chi connectivity index (χ2n) is 7.87. The number of anilines is 3. The van der Waals surface area contributed by atoms with Crippen molar-refractivity contribution in [3.8, 4) is 0 Å². The highest BCUT2D eigenvalue weighted by Crippen LogP contribution is 2.31. The fourth-order valence-electron chi connectivity index (χ4n) is 4.08. The summed E-state index contributed by atoms with van der Waals surface area (Å²) in [5, 5.41) is 8.65. The molecule has 168 valence electrons. The van der Waals surface area contributed by atoms with Crippen molar-refractivity contribution < 1.29 is 4.79 Å². The Bertz CT molecular complexity index is 1540. The third-order valence-electron chi connectivity index (χ3n) is 5.67. The molecule has 0 bridgehead atoms. The van der Waals surface area contributed by atoms with Crippen LogP contribution in [0.3, 0.4) is 0 Å². The van der Waals surface area contributed by atoms with Gasteiger partial charge in [-0.05, 0) is 48.5 Å². The average molecular weight is 450 g/mol. The number of hydrogen-bond acceptors (Lipinski definition) is 5. The molecule has 7 nitrogen and oxygen atoms in total. The SMILES string of the molecule is NCCn1c(=O)c2ccccc2c2c(Nc3ccc(NC(=O)c4ccccc4)cc3)ccnc21. The van der Waals surface area contributed by atoms with Crippen molar-refractivity contribution in [2.75, 3.05) is 17.2 Å². The van der Waals surface area contributed by atoms with Crippen LogP contribution in [-0.2, 0) is 6.54 Å². The minimum Gasteiger partial charge on any atom is -0.355 e. The summed E-state index contributed by atoms with van der Waals surface area (Å²) in [7, 11) is 0. The van der Waals surface area contributed by atoms with Gasteiger partial charge < -0.3 is 16.4 Å². The van der Waals surface area contributed by atoms with E-state index in [1.165, 1.54) is 0 Å². The largest absolute Gasteiger partial charge is 0.355 e. The first-order valence-corrected chi connectivity index (χ1v) is 11.0. The Morgan fingerprint density at radius 1 is 0.853 bits per heavy atom. The van der Waals surface area contributed by atoms with E-state index in [1.807, 2.05) is 72.8 Å². The molecule has 4 N–H and O–H groups in total. The Labute approximate surface area is 195 Å². The number of amides is 1. The smallest absolute Gasteiger partial charge is 0.260 e. The number of rotatable bonds is 6. The number of pyridine rings is 2. The number of nitrogens with two attached hydrogens (primary N) is 1. The lowest BCUT2D eigenvalue weighted by Crippen LogP contribution is -2.25. The number of nitrogens with zero attached hydrogens (tertiary/aromatic N) is 2. The highest BCUT2D eigenvalue weighted by atomic mass is 16.1. The summed E-state index contributed by atoms with van der Waals surface area (Å²) in [5.74, 6) is -0.161. The Kier molecular flexibility index (Phi) is 5.76. The van der Waals surface area contributed by atoms with Crippen LogP contribution in [0.25, 0.3) is 21.8 Å². The molecule has 0 aliphatic carbocycles. The van der Waals surface area contributed by atoms with E-state index in [-0.39, 0.29) is 11.5 Å². The third kappa shape index (κ3) is 4.00. The molecule has 2 heterocycles. The van der Waals surface area contributed by atoms with E-state index < -0.39 is 0 Å². The second kappa shape index (κ2) is 9.17. The fraction of sp³-hybridized carbons (Fsp3) is 0.0741. The summed E-state index contributed by atoms with van der Waals surface area (Å²) in [6.07, 6.45) is 1.68. The quantitative estimate of drug-likeness (QED) is 0.331. The molecule has 0 atom stereocenters. The maximum atomic E-state index is 13.0. The van der Waals surface area contributed by atoms with Gasteiger partial charge in [0.15, 0.2) is 0 Å². The molecule has 0 aliphatic rings. The molecule has 34 heavy (non-hydrogen) atoms. The van der Waals surface area contributed by atoms with E-state index in [0.717, 1.165) is 22.1 Å². The van der Waals surface area contributed by atoms with Gasteiger partial charge in [0, 0.05) is 52.4 Å². The molecule has 0 unspecified atom stereocenters. The van der Waals surface area contributed by atoms with Gasteiger partial charge in [-0.25, -0.2) is 4.98 Å². The third-order valence-corrected chi connectivity index (χ3v) is 5.67. The van der Waals surface area contributed by atoms with Crippen LogP contribution >= 0.6 is 0 Å². The molecule has 1 amide bonds. The maximum Gasteiger partial charge on any atom is 0.260 e. The van der Waals surface area contributed by atoms with Gasteiger partial charge in [-0.15, -0.1) is 0 Å². The van der Waals surface area contributed by atoms with Gasteiger partial charge in [-0.2, -0.15) is 0 Å². The van der Waals surface area contributed by atoms with Gasteiger partial charge in [-0.3, -0.25) is 14.2 Å². The lowest BCUT2D eigenvalue weighted by atomic mass is 10.1. The second-order valence-corrected chi connectivity index (χ2v) is 7.87. The first kappa shape index (κ1) is 21.4. The summed E-state index contributed by atoms with van der Waals surface area (Å²) in [6.45, 7) is 0.718. The molecule has 0 saturated heterocycles. The number of carbonyl (C=O) groups is 1. The topological polar surface area (TPSA) is 102 Å². The molecular weight excluding hydrogens is 426 g/mol. The summed E-state index contributed by atoms with van der Waals surface area (Å²) in [5.41, 5.74) is 9.23. The molecule has 0 saturated carbocycles. The number of fused-ring (bicyclic) bond motifs is 3. The summed E-state index contributed by atoms with van der Waals surface area (Å²) in [6, 6.07) is 26.0. The molecule has 5 aromatic rings. The highest BCUT2D eigenvalue weighted by Gasteiger charge is 2.14. The summed E-state index contributed by atoms with van der Waals surface area (Å²) in [4.78, 5) is 30.0. The van der Waals surface area contributed by atoms with Crippen LogP contribution in [0.1, 0.15) is 10.4 Å². The van der Waals surface area contributed by atoms with Crippen molar-refractivity contribution in [1.29, 1.82) is 0 Å². The Morgan fingerprint density at radius 3 is 2.26 bits per heavy atom. The van der Waals surface area contributed by atoms with E-state index in [4.69, 9.17) is 5.73 Å². The van der Waals surface area contributed by atoms with Crippen molar-refractivity contribution in [3.63, 3.8) is 0 Å². The van der Waals surface area contributed by atoms with Crippen LogP contribution in [0.2, 0.25) is 0 Å². The first-order chi connectivity index (χ1) is 16.7. The fourth-order valence-corrected chi connectivity index (χ4v) is 4.08. The lowest BCUT2D eigenvalue weighted by Gasteiger charge is -2.16. The zero-order chi connectivity index (χ0) is 23.5. The zero-order valence-corrected chi connectivity index (χ0v) is 18.4. The van der Waals surface area contributed by atoms with Gasteiger partial charge in [-0.1, -0.05) is 36.4 Å². The van der Waals surface area contributed by atoms with Gasteiger partial charge >= 0.3 is 0 Å². The van der Waals surface area contributed by atoms with Crippen LogP contribution in [-0.4, -0.2) is 22.0 Å². The normalized spacial score (nSPS) is 11.0. The predicted molar refractivity (Wildman–Crippen MR) is 137 cm³/mol. The van der Waals surface area contributed by atoms with Crippen molar-refractivity contribution >= 4 is 44.8 Å². The van der Waals surface area contributed by atoms with Crippen LogP contribution in [0.15, 0.2) is 95.9 Å². The Morgan fingerprint density at radius 2 is 1.53 bits per heavy atom. The van der Waals surface area contributed by atoms with Crippen molar-refractivity contribution in [1.82, 2.24) is 9.55 Å². The Hall–Kier alpha value is -4.49. The van der Waals surface area contributed by atoms with Gasteiger partial charge in [0.25, 0.3) is 11.5 Å². The molecule has 5 rings (SSSR count). The number of benzene rings is 3. The predicted octanol–water partition coefficient (Wildman–Crippen LogP) is 4.50. The van der Waals surface area contributed by atoms with Crippen molar-refractivity contribution in [3.05, 3.63) is 107 Å².